The molecule has 108 valence electrons. The van der Waals surface area contributed by atoms with Gasteiger partial charge in [-0.05, 0) is 47.9 Å². The zero-order valence-electron chi connectivity index (χ0n) is 12.0. The number of fused-ring (bicyclic) bond motifs is 2. The van der Waals surface area contributed by atoms with Crippen molar-refractivity contribution in [3.63, 3.8) is 0 Å². The number of likely N-dealkylation sites (N-methyl/N-ethyl adjacent to an activating group) is 1. The molecule has 0 saturated heterocycles. The summed E-state index contributed by atoms with van der Waals surface area (Å²) in [5, 5.41) is 10.3. The molecular weight excluding hydrogens is 282 g/mol. The molecule has 1 N–H and O–H groups in total. The van der Waals surface area contributed by atoms with Crippen molar-refractivity contribution in [2.45, 2.75) is 12.8 Å². The highest BCUT2D eigenvalue weighted by Crippen LogP contribution is 2.32. The average Bonchev–Trinajstić information content (AvgIpc) is 2.49. The van der Waals surface area contributed by atoms with Gasteiger partial charge in [0.25, 0.3) is 0 Å². The van der Waals surface area contributed by atoms with Gasteiger partial charge in [0.15, 0.2) is 0 Å². The predicted octanol–water partition coefficient (Wildman–Crippen LogP) is 4.10. The molecule has 0 radical (unpaired) electrons. The normalized spacial score (nSPS) is 16.0. The molecule has 0 spiro atoms. The minimum Gasteiger partial charge on any atom is -0.506 e. The molecule has 1 heterocycles. The van der Waals surface area contributed by atoms with Gasteiger partial charge in [0.2, 0.25) is 0 Å². The fourth-order valence-corrected chi connectivity index (χ4v) is 2.96. The first-order chi connectivity index (χ1) is 10.1. The fourth-order valence-electron chi connectivity index (χ4n) is 2.71. The number of halogens is 1. The molecule has 2 aromatic carbocycles. The average molecular weight is 300 g/mol. The molecule has 3 heteroatoms. The fraction of sp³-hybridized carbons (Fsp3) is 0.222. The SMILES string of the molecule is CN1/C=C\c2c(ccc(O)c2Cl)Cc2ccccc2CC1. The third kappa shape index (κ3) is 2.91. The van der Waals surface area contributed by atoms with Crippen LogP contribution in [0.1, 0.15) is 22.3 Å². The van der Waals surface area contributed by atoms with E-state index in [1.54, 1.807) is 6.07 Å². The van der Waals surface area contributed by atoms with Gasteiger partial charge >= 0.3 is 0 Å². The minimum atomic E-state index is 0.132. The number of hydrogen-bond acceptors (Lipinski definition) is 2. The Morgan fingerprint density at radius 1 is 1.05 bits per heavy atom. The Kier molecular flexibility index (Phi) is 3.89. The maximum Gasteiger partial charge on any atom is 0.134 e. The minimum absolute atomic E-state index is 0.132. The molecule has 0 amide bonds. The highest BCUT2D eigenvalue weighted by molar-refractivity contribution is 6.33. The van der Waals surface area contributed by atoms with Crippen LogP contribution in [0, 0.1) is 0 Å². The Hall–Kier alpha value is -1.93. The van der Waals surface area contributed by atoms with Crippen molar-refractivity contribution in [2.75, 3.05) is 13.6 Å². The van der Waals surface area contributed by atoms with E-state index in [0.717, 1.165) is 30.5 Å². The van der Waals surface area contributed by atoms with Gasteiger partial charge in [0, 0.05) is 19.2 Å². The smallest absolute Gasteiger partial charge is 0.134 e. The number of phenolic OH excluding ortho intramolecular Hbond substituents is 1. The summed E-state index contributed by atoms with van der Waals surface area (Å²) >= 11 is 6.29. The Balaban J connectivity index is 2.14. The van der Waals surface area contributed by atoms with Crippen LogP contribution < -0.4 is 0 Å². The lowest BCUT2D eigenvalue weighted by molar-refractivity contribution is 0.462. The molecule has 0 fully saturated rings. The molecule has 3 rings (SSSR count). The van der Waals surface area contributed by atoms with Crippen LogP contribution in [0.3, 0.4) is 0 Å². The van der Waals surface area contributed by atoms with E-state index < -0.39 is 0 Å². The van der Waals surface area contributed by atoms with Crippen LogP contribution >= 0.6 is 11.6 Å². The van der Waals surface area contributed by atoms with Gasteiger partial charge in [0.05, 0.1) is 5.02 Å². The molecule has 1 aliphatic rings. The van der Waals surface area contributed by atoms with Crippen LogP contribution in [0.5, 0.6) is 5.75 Å². The third-order valence-corrected chi connectivity index (χ3v) is 4.38. The number of phenols is 1. The van der Waals surface area contributed by atoms with Gasteiger partial charge in [-0.25, -0.2) is 0 Å². The van der Waals surface area contributed by atoms with Gasteiger partial charge in [-0.1, -0.05) is 41.9 Å². The topological polar surface area (TPSA) is 23.5 Å². The largest absolute Gasteiger partial charge is 0.506 e. The maximum atomic E-state index is 9.85. The molecule has 2 aromatic rings. The number of benzene rings is 2. The van der Waals surface area contributed by atoms with Crippen molar-refractivity contribution in [3.05, 3.63) is 69.9 Å². The summed E-state index contributed by atoms with van der Waals surface area (Å²) < 4.78 is 0. The molecule has 21 heavy (non-hydrogen) atoms. The predicted molar refractivity (Wildman–Crippen MR) is 87.7 cm³/mol. The molecule has 0 saturated carbocycles. The molecule has 0 aliphatic carbocycles. The second-order valence-electron chi connectivity index (χ2n) is 5.46. The van der Waals surface area contributed by atoms with Crippen molar-refractivity contribution in [3.8, 4) is 5.75 Å². The lowest BCUT2D eigenvalue weighted by atomic mass is 9.94. The standard InChI is InChI=1S/C18H18ClNO/c1-20-10-8-13-4-2-3-5-14(13)12-15-6-7-17(21)18(19)16(15)9-11-20/h2-7,9,11,21H,8,10,12H2,1H3/b11-9-. The quantitative estimate of drug-likeness (QED) is 0.792. The Labute approximate surface area is 130 Å². The van der Waals surface area contributed by atoms with Gasteiger partial charge < -0.3 is 10.0 Å². The summed E-state index contributed by atoms with van der Waals surface area (Å²) in [5.74, 6) is 0.132. The second kappa shape index (κ2) is 5.82. The molecule has 0 unspecified atom stereocenters. The first kappa shape index (κ1) is 14.0. The van der Waals surface area contributed by atoms with Crippen LogP contribution in [-0.4, -0.2) is 23.6 Å². The van der Waals surface area contributed by atoms with Crippen LogP contribution in [0.2, 0.25) is 5.02 Å². The molecule has 2 nitrogen and oxygen atoms in total. The van der Waals surface area contributed by atoms with Crippen LogP contribution in [0.15, 0.2) is 42.6 Å². The van der Waals surface area contributed by atoms with E-state index in [1.165, 1.54) is 11.1 Å². The van der Waals surface area contributed by atoms with Crippen molar-refractivity contribution in [1.29, 1.82) is 0 Å². The summed E-state index contributed by atoms with van der Waals surface area (Å²) in [7, 11) is 2.05. The van der Waals surface area contributed by atoms with Gasteiger partial charge in [-0.15, -0.1) is 0 Å². The Bertz CT molecular complexity index is 694. The summed E-state index contributed by atoms with van der Waals surface area (Å²) in [6, 6.07) is 12.2. The molecule has 0 atom stereocenters. The lowest BCUT2D eigenvalue weighted by Gasteiger charge is -2.19. The molecule has 0 aromatic heterocycles. The second-order valence-corrected chi connectivity index (χ2v) is 5.84. The van der Waals surface area contributed by atoms with Crippen LogP contribution in [0.4, 0.5) is 0 Å². The van der Waals surface area contributed by atoms with Crippen molar-refractivity contribution in [1.82, 2.24) is 4.90 Å². The van der Waals surface area contributed by atoms with E-state index in [4.69, 9.17) is 11.6 Å². The summed E-state index contributed by atoms with van der Waals surface area (Å²) in [5.41, 5.74) is 4.73. The first-order valence-corrected chi connectivity index (χ1v) is 7.48. The monoisotopic (exact) mass is 299 g/mol. The summed E-state index contributed by atoms with van der Waals surface area (Å²) in [4.78, 5) is 2.15. The van der Waals surface area contributed by atoms with Gasteiger partial charge in [-0.3, -0.25) is 0 Å². The van der Waals surface area contributed by atoms with E-state index in [0.29, 0.717) is 5.02 Å². The number of nitrogens with zero attached hydrogens (tertiary/aromatic N) is 1. The maximum absolute atomic E-state index is 9.85. The zero-order valence-corrected chi connectivity index (χ0v) is 12.8. The van der Waals surface area contributed by atoms with E-state index in [1.807, 2.05) is 18.3 Å². The van der Waals surface area contributed by atoms with E-state index in [2.05, 4.69) is 36.2 Å². The van der Waals surface area contributed by atoms with Crippen molar-refractivity contribution in [2.24, 2.45) is 0 Å². The highest BCUT2D eigenvalue weighted by atomic mass is 35.5. The number of rotatable bonds is 0. The highest BCUT2D eigenvalue weighted by Gasteiger charge is 2.13. The van der Waals surface area contributed by atoms with Crippen molar-refractivity contribution >= 4 is 17.7 Å². The Morgan fingerprint density at radius 3 is 2.62 bits per heavy atom. The van der Waals surface area contributed by atoms with E-state index in [-0.39, 0.29) is 5.75 Å². The number of aromatic hydroxyl groups is 1. The van der Waals surface area contributed by atoms with E-state index in [9.17, 15) is 5.11 Å². The van der Waals surface area contributed by atoms with E-state index >= 15 is 0 Å². The third-order valence-electron chi connectivity index (χ3n) is 3.98. The summed E-state index contributed by atoms with van der Waals surface area (Å²) in [6.45, 7) is 0.958. The first-order valence-electron chi connectivity index (χ1n) is 7.10. The van der Waals surface area contributed by atoms with Crippen molar-refractivity contribution < 1.29 is 5.11 Å². The number of hydrogen-bond donors (Lipinski definition) is 1. The van der Waals surface area contributed by atoms with Crippen LogP contribution in [-0.2, 0) is 12.8 Å². The zero-order chi connectivity index (χ0) is 14.8. The Morgan fingerprint density at radius 2 is 1.81 bits per heavy atom. The van der Waals surface area contributed by atoms with Crippen LogP contribution in [0.25, 0.3) is 6.08 Å². The molecular formula is C18H18ClNO. The van der Waals surface area contributed by atoms with Gasteiger partial charge in [-0.2, -0.15) is 0 Å². The molecule has 0 bridgehead atoms. The summed E-state index contributed by atoms with van der Waals surface area (Å²) in [6.07, 6.45) is 5.88. The van der Waals surface area contributed by atoms with Gasteiger partial charge in [0.1, 0.15) is 5.75 Å². The lowest BCUT2D eigenvalue weighted by Crippen LogP contribution is -2.16. The molecule has 1 aliphatic heterocycles.